The van der Waals surface area contributed by atoms with Crippen molar-refractivity contribution in [1.82, 2.24) is 9.88 Å². The SMILES string of the molecule is O=C(CNc1cc[nH]c1)N1CC(O)C1. The summed E-state index contributed by atoms with van der Waals surface area (Å²) in [7, 11) is 0. The van der Waals surface area contributed by atoms with Crippen molar-refractivity contribution in [1.29, 1.82) is 0 Å². The summed E-state index contributed by atoms with van der Waals surface area (Å²) in [5, 5.41) is 12.0. The third-order valence-electron chi connectivity index (χ3n) is 2.26. The van der Waals surface area contributed by atoms with Crippen LogP contribution in [0.15, 0.2) is 18.5 Å². The molecule has 0 bridgehead atoms. The van der Waals surface area contributed by atoms with Crippen molar-refractivity contribution in [3.63, 3.8) is 0 Å². The fourth-order valence-electron chi connectivity index (χ4n) is 1.38. The van der Waals surface area contributed by atoms with E-state index < -0.39 is 0 Å². The number of β-amino-alcohol motifs (C(OH)–C–C–N with tert-alkyl or cyclic N) is 1. The Morgan fingerprint density at radius 1 is 1.71 bits per heavy atom. The van der Waals surface area contributed by atoms with Gasteiger partial charge in [-0.25, -0.2) is 0 Å². The minimum absolute atomic E-state index is 0.0245. The van der Waals surface area contributed by atoms with Crippen LogP contribution in [0.1, 0.15) is 0 Å². The minimum Gasteiger partial charge on any atom is -0.389 e. The Morgan fingerprint density at radius 2 is 2.50 bits per heavy atom. The molecule has 0 unspecified atom stereocenters. The molecule has 1 aromatic rings. The van der Waals surface area contributed by atoms with Gasteiger partial charge in [-0.1, -0.05) is 0 Å². The van der Waals surface area contributed by atoms with Crippen LogP contribution in [-0.2, 0) is 4.79 Å². The number of rotatable bonds is 3. The van der Waals surface area contributed by atoms with E-state index in [4.69, 9.17) is 5.11 Å². The maximum Gasteiger partial charge on any atom is 0.242 e. The molecule has 0 aliphatic carbocycles. The van der Waals surface area contributed by atoms with Gasteiger partial charge in [-0.15, -0.1) is 0 Å². The average Bonchev–Trinajstić information content (AvgIpc) is 2.61. The van der Waals surface area contributed by atoms with Crippen LogP contribution in [0.3, 0.4) is 0 Å². The summed E-state index contributed by atoms with van der Waals surface area (Å²) in [5.74, 6) is 0.0245. The maximum atomic E-state index is 11.4. The number of amides is 1. The molecule has 1 aliphatic rings. The number of carbonyl (C=O) groups is 1. The van der Waals surface area contributed by atoms with Crippen molar-refractivity contribution in [3.8, 4) is 0 Å². The number of hydrogen-bond donors (Lipinski definition) is 3. The molecule has 0 atom stereocenters. The van der Waals surface area contributed by atoms with Crippen LogP contribution in [-0.4, -0.2) is 46.6 Å². The van der Waals surface area contributed by atoms with Crippen LogP contribution in [0.25, 0.3) is 0 Å². The van der Waals surface area contributed by atoms with Crippen LogP contribution in [0.5, 0.6) is 0 Å². The highest BCUT2D eigenvalue weighted by atomic mass is 16.3. The van der Waals surface area contributed by atoms with Crippen LogP contribution < -0.4 is 5.32 Å². The predicted octanol–water partition coefficient (Wildman–Crippen LogP) is -0.370. The number of nitrogens with one attached hydrogen (secondary N) is 2. The van der Waals surface area contributed by atoms with Crippen LogP contribution in [0.2, 0.25) is 0 Å². The van der Waals surface area contributed by atoms with E-state index in [-0.39, 0.29) is 18.6 Å². The van der Waals surface area contributed by atoms with Gasteiger partial charge in [0.2, 0.25) is 5.91 Å². The Bertz CT molecular complexity index is 304. The molecule has 1 amide bonds. The number of likely N-dealkylation sites (tertiary alicyclic amines) is 1. The van der Waals surface area contributed by atoms with Crippen LogP contribution in [0.4, 0.5) is 5.69 Å². The zero-order chi connectivity index (χ0) is 9.97. The average molecular weight is 195 g/mol. The van der Waals surface area contributed by atoms with Crippen molar-refractivity contribution in [2.45, 2.75) is 6.10 Å². The normalized spacial score (nSPS) is 16.5. The number of aromatic nitrogens is 1. The quantitative estimate of drug-likeness (QED) is 0.616. The molecule has 1 aliphatic heterocycles. The molecule has 5 heteroatoms. The van der Waals surface area contributed by atoms with E-state index in [2.05, 4.69) is 10.3 Å². The second-order valence-corrected chi connectivity index (χ2v) is 3.41. The monoisotopic (exact) mass is 195 g/mol. The molecule has 14 heavy (non-hydrogen) atoms. The Labute approximate surface area is 81.7 Å². The zero-order valence-corrected chi connectivity index (χ0v) is 7.73. The lowest BCUT2D eigenvalue weighted by atomic mass is 10.2. The first-order chi connectivity index (χ1) is 6.75. The summed E-state index contributed by atoms with van der Waals surface area (Å²) < 4.78 is 0. The maximum absolute atomic E-state index is 11.4. The zero-order valence-electron chi connectivity index (χ0n) is 7.73. The first kappa shape index (κ1) is 9.08. The lowest BCUT2D eigenvalue weighted by molar-refractivity contribution is -0.139. The van der Waals surface area contributed by atoms with E-state index in [0.717, 1.165) is 5.69 Å². The van der Waals surface area contributed by atoms with Crippen molar-refractivity contribution < 1.29 is 9.90 Å². The molecular formula is C9H13N3O2. The van der Waals surface area contributed by atoms with E-state index in [0.29, 0.717) is 13.1 Å². The molecule has 5 nitrogen and oxygen atoms in total. The van der Waals surface area contributed by atoms with Crippen molar-refractivity contribution >= 4 is 11.6 Å². The number of carbonyl (C=O) groups excluding carboxylic acids is 1. The third kappa shape index (κ3) is 1.88. The number of H-pyrrole nitrogens is 1. The lowest BCUT2D eigenvalue weighted by Crippen LogP contribution is -2.54. The summed E-state index contributed by atoms with van der Waals surface area (Å²) in [6.45, 7) is 1.21. The smallest absolute Gasteiger partial charge is 0.242 e. The van der Waals surface area contributed by atoms with Crippen LogP contribution >= 0.6 is 0 Å². The Morgan fingerprint density at radius 3 is 3.07 bits per heavy atom. The highest BCUT2D eigenvalue weighted by Gasteiger charge is 2.28. The second-order valence-electron chi connectivity index (χ2n) is 3.41. The molecule has 0 radical (unpaired) electrons. The molecule has 1 fully saturated rings. The molecule has 1 aromatic heterocycles. The number of hydrogen-bond acceptors (Lipinski definition) is 3. The van der Waals surface area contributed by atoms with Gasteiger partial charge >= 0.3 is 0 Å². The van der Waals surface area contributed by atoms with Gasteiger partial charge in [0.15, 0.2) is 0 Å². The Kier molecular flexibility index (Phi) is 2.41. The number of nitrogens with zero attached hydrogens (tertiary/aromatic N) is 1. The molecule has 3 N–H and O–H groups in total. The van der Waals surface area contributed by atoms with Gasteiger partial charge in [0, 0.05) is 25.5 Å². The number of aromatic amines is 1. The van der Waals surface area contributed by atoms with Gasteiger partial charge in [-0.2, -0.15) is 0 Å². The van der Waals surface area contributed by atoms with E-state index >= 15 is 0 Å². The van der Waals surface area contributed by atoms with Gasteiger partial charge in [-0.05, 0) is 6.07 Å². The topological polar surface area (TPSA) is 68.4 Å². The summed E-state index contributed by atoms with van der Waals surface area (Å²) in [4.78, 5) is 15.9. The summed E-state index contributed by atoms with van der Waals surface area (Å²) >= 11 is 0. The third-order valence-corrected chi connectivity index (χ3v) is 2.26. The lowest BCUT2D eigenvalue weighted by Gasteiger charge is -2.35. The fraction of sp³-hybridized carbons (Fsp3) is 0.444. The van der Waals surface area contributed by atoms with Crippen molar-refractivity contribution in [2.24, 2.45) is 0 Å². The van der Waals surface area contributed by atoms with Gasteiger partial charge in [0.25, 0.3) is 0 Å². The first-order valence-corrected chi connectivity index (χ1v) is 4.58. The van der Waals surface area contributed by atoms with Crippen molar-refractivity contribution in [2.75, 3.05) is 25.0 Å². The van der Waals surface area contributed by atoms with Gasteiger partial charge in [-0.3, -0.25) is 4.79 Å². The summed E-state index contributed by atoms with van der Waals surface area (Å²) in [6.07, 6.45) is 3.25. The largest absolute Gasteiger partial charge is 0.389 e. The highest BCUT2D eigenvalue weighted by Crippen LogP contribution is 2.08. The minimum atomic E-state index is -0.328. The highest BCUT2D eigenvalue weighted by molar-refractivity contribution is 5.81. The standard InChI is InChI=1S/C9H13N3O2/c13-8-5-12(6-8)9(14)4-11-7-1-2-10-3-7/h1-3,8,10-11,13H,4-6H2. The molecule has 0 saturated carbocycles. The predicted molar refractivity (Wildman–Crippen MR) is 51.9 cm³/mol. The van der Waals surface area contributed by atoms with E-state index in [1.165, 1.54) is 0 Å². The fourth-order valence-corrected chi connectivity index (χ4v) is 1.38. The van der Waals surface area contributed by atoms with Crippen molar-refractivity contribution in [3.05, 3.63) is 18.5 Å². The number of anilines is 1. The number of aliphatic hydroxyl groups is 1. The van der Waals surface area contributed by atoms with Gasteiger partial charge in [0.05, 0.1) is 18.3 Å². The molecule has 1 saturated heterocycles. The molecule has 2 heterocycles. The van der Waals surface area contributed by atoms with Crippen LogP contribution in [0, 0.1) is 0 Å². The molecular weight excluding hydrogens is 182 g/mol. The first-order valence-electron chi connectivity index (χ1n) is 4.58. The van der Waals surface area contributed by atoms with E-state index in [1.807, 2.05) is 6.07 Å². The van der Waals surface area contributed by atoms with Gasteiger partial charge in [0.1, 0.15) is 0 Å². The Hall–Kier alpha value is -1.49. The molecule has 76 valence electrons. The Balaban J connectivity index is 1.73. The summed E-state index contributed by atoms with van der Waals surface area (Å²) in [6, 6.07) is 1.86. The number of aliphatic hydroxyl groups excluding tert-OH is 1. The molecule has 0 aromatic carbocycles. The molecule has 0 spiro atoms. The van der Waals surface area contributed by atoms with E-state index in [9.17, 15) is 4.79 Å². The van der Waals surface area contributed by atoms with Gasteiger partial charge < -0.3 is 20.3 Å². The van der Waals surface area contributed by atoms with E-state index in [1.54, 1.807) is 17.3 Å². The second kappa shape index (κ2) is 3.71. The summed E-state index contributed by atoms with van der Waals surface area (Å²) in [5.41, 5.74) is 0.902. The molecule has 2 rings (SSSR count).